The van der Waals surface area contributed by atoms with Crippen molar-refractivity contribution >= 4 is 72.6 Å². The lowest BCUT2D eigenvalue weighted by molar-refractivity contribution is 0.0527. The van der Waals surface area contributed by atoms with Crippen molar-refractivity contribution in [3.63, 3.8) is 0 Å². The number of benzene rings is 1. The number of nitrogens with zero attached hydrogens (tertiary/aromatic N) is 2. The van der Waals surface area contributed by atoms with Gasteiger partial charge in [-0.1, -0.05) is 30.3 Å². The van der Waals surface area contributed by atoms with Gasteiger partial charge in [0.2, 0.25) is 0 Å². The molecule has 11 heteroatoms. The maximum atomic E-state index is 13.7. The number of rotatable bonds is 5. The first-order valence-corrected chi connectivity index (χ1v) is 14.6. The van der Waals surface area contributed by atoms with Crippen molar-refractivity contribution in [2.75, 3.05) is 23.4 Å². The molecule has 0 spiro atoms. The number of carbonyl (C=O) groups is 2. The molecule has 0 fully saturated rings. The molecule has 5 aromatic rings. The normalized spacial score (nSPS) is 12.0. The van der Waals surface area contributed by atoms with E-state index in [9.17, 15) is 14.9 Å². The zero-order chi connectivity index (χ0) is 27.3. The Morgan fingerprint density at radius 3 is 2.72 bits per heavy atom. The quantitative estimate of drug-likeness (QED) is 0.209. The molecule has 1 aromatic carbocycles. The van der Waals surface area contributed by atoms with Gasteiger partial charge in [-0.25, -0.2) is 9.78 Å². The fourth-order valence-corrected chi connectivity index (χ4v) is 8.01. The Kier molecular flexibility index (Phi) is 6.31. The number of nitrogens with two attached hydrogens (primary N) is 2. The van der Waals surface area contributed by atoms with E-state index in [0.717, 1.165) is 38.6 Å². The number of esters is 1. The Labute approximate surface area is 235 Å². The highest BCUT2D eigenvalue weighted by atomic mass is 32.1. The largest absolute Gasteiger partial charge is 0.462 e. The summed E-state index contributed by atoms with van der Waals surface area (Å²) in [4.78, 5) is 33.6. The van der Waals surface area contributed by atoms with E-state index < -0.39 is 11.9 Å². The number of aryl methyl sites for hydroxylation is 1. The maximum Gasteiger partial charge on any atom is 0.341 e. The Balaban J connectivity index is 1.47. The summed E-state index contributed by atoms with van der Waals surface area (Å²) in [6.45, 7) is 1.97. The van der Waals surface area contributed by atoms with Gasteiger partial charge < -0.3 is 21.5 Å². The van der Waals surface area contributed by atoms with E-state index in [1.807, 2.05) is 35.7 Å². The van der Waals surface area contributed by atoms with Crippen molar-refractivity contribution < 1.29 is 14.3 Å². The summed E-state index contributed by atoms with van der Waals surface area (Å²) in [7, 11) is 0. The number of nitriles is 1. The van der Waals surface area contributed by atoms with Crippen LogP contribution in [0.2, 0.25) is 0 Å². The van der Waals surface area contributed by atoms with Crippen LogP contribution in [-0.4, -0.2) is 23.5 Å². The minimum atomic E-state index is -0.470. The van der Waals surface area contributed by atoms with Gasteiger partial charge in [-0.15, -0.1) is 34.0 Å². The highest BCUT2D eigenvalue weighted by Crippen LogP contribution is 2.47. The average Bonchev–Trinajstić information content (AvgIpc) is 3.66. The van der Waals surface area contributed by atoms with Crippen LogP contribution in [0.25, 0.3) is 31.1 Å². The molecular weight excluding hydrogens is 551 g/mol. The van der Waals surface area contributed by atoms with Crippen molar-refractivity contribution in [3.05, 3.63) is 68.9 Å². The van der Waals surface area contributed by atoms with Crippen LogP contribution in [0.3, 0.4) is 0 Å². The standard InChI is InChI=1S/C28H21N5O3S3/c1-2-36-28(35)19-15-10-9-13-6-3-4-7-14(13)22(15)38-26(19)33-25(34)23-21(30)20-18(17-8-5-11-37-17)16(12-29)24(31)32-27(20)39-23/h3-8,11H,2,9-10,30H2,1H3,(H2,31,32)(H,33,34). The van der Waals surface area contributed by atoms with Crippen LogP contribution in [0, 0.1) is 11.3 Å². The molecule has 0 bridgehead atoms. The lowest BCUT2D eigenvalue weighted by Crippen LogP contribution is -2.16. The first-order valence-electron chi connectivity index (χ1n) is 12.1. The smallest absolute Gasteiger partial charge is 0.341 e. The molecule has 1 aliphatic rings. The number of nitrogen functional groups attached to an aromatic ring is 2. The van der Waals surface area contributed by atoms with Crippen LogP contribution < -0.4 is 16.8 Å². The molecule has 0 atom stereocenters. The van der Waals surface area contributed by atoms with Crippen molar-refractivity contribution in [2.45, 2.75) is 19.8 Å². The second-order valence-electron chi connectivity index (χ2n) is 8.81. The summed E-state index contributed by atoms with van der Waals surface area (Å²) in [5.41, 5.74) is 17.2. The van der Waals surface area contributed by atoms with Crippen molar-refractivity contribution in [1.29, 1.82) is 5.26 Å². The SMILES string of the molecule is CCOC(=O)c1c(NC(=O)c2sc3nc(N)c(C#N)c(-c4cccs4)c3c2N)sc2c1CCc1ccccc1-2. The van der Waals surface area contributed by atoms with Crippen LogP contribution in [0.5, 0.6) is 0 Å². The number of ether oxygens (including phenoxy) is 1. The highest BCUT2D eigenvalue weighted by Gasteiger charge is 2.31. The van der Waals surface area contributed by atoms with E-state index in [0.29, 0.717) is 32.8 Å². The molecular formula is C28H21N5O3S3. The summed E-state index contributed by atoms with van der Waals surface area (Å²) < 4.78 is 5.38. The van der Waals surface area contributed by atoms with Crippen LogP contribution in [0.4, 0.5) is 16.5 Å². The van der Waals surface area contributed by atoms with Gasteiger partial charge in [-0.2, -0.15) is 5.26 Å². The van der Waals surface area contributed by atoms with E-state index in [1.165, 1.54) is 28.2 Å². The second-order valence-corrected chi connectivity index (χ2v) is 11.8. The molecule has 1 amide bonds. The van der Waals surface area contributed by atoms with Crippen LogP contribution in [0.1, 0.15) is 43.6 Å². The van der Waals surface area contributed by atoms with Gasteiger partial charge in [-0.3, -0.25) is 4.79 Å². The third-order valence-corrected chi connectivity index (χ3v) is 9.78. The van der Waals surface area contributed by atoms with Crippen molar-refractivity contribution in [1.82, 2.24) is 4.98 Å². The fourth-order valence-electron chi connectivity index (χ4n) is 4.93. The zero-order valence-corrected chi connectivity index (χ0v) is 23.1. The number of hydrogen-bond acceptors (Lipinski definition) is 10. The maximum absolute atomic E-state index is 13.7. The minimum absolute atomic E-state index is 0.0794. The molecule has 1 aliphatic carbocycles. The van der Waals surface area contributed by atoms with E-state index >= 15 is 0 Å². The fraction of sp³-hybridized carbons (Fsp3) is 0.143. The molecule has 8 nitrogen and oxygen atoms in total. The Morgan fingerprint density at radius 1 is 1.15 bits per heavy atom. The monoisotopic (exact) mass is 571 g/mol. The Morgan fingerprint density at radius 2 is 1.97 bits per heavy atom. The third-order valence-electron chi connectivity index (χ3n) is 6.61. The Hall–Kier alpha value is -4.24. The van der Waals surface area contributed by atoms with E-state index in [-0.39, 0.29) is 28.6 Å². The van der Waals surface area contributed by atoms with E-state index in [4.69, 9.17) is 16.2 Å². The van der Waals surface area contributed by atoms with E-state index in [1.54, 1.807) is 6.92 Å². The van der Waals surface area contributed by atoms with Crippen LogP contribution in [-0.2, 0) is 17.6 Å². The molecule has 4 aromatic heterocycles. The summed E-state index contributed by atoms with van der Waals surface area (Å²) in [6, 6.07) is 14.0. The number of anilines is 3. The van der Waals surface area contributed by atoms with Gasteiger partial charge in [0, 0.05) is 20.7 Å². The summed E-state index contributed by atoms with van der Waals surface area (Å²) >= 11 is 3.90. The molecule has 0 unspecified atom stereocenters. The Bertz CT molecular complexity index is 1830. The number of carbonyl (C=O) groups excluding carboxylic acids is 2. The topological polar surface area (TPSA) is 144 Å². The van der Waals surface area contributed by atoms with Crippen molar-refractivity contribution in [2.24, 2.45) is 0 Å². The number of aromatic nitrogens is 1. The van der Waals surface area contributed by atoms with Gasteiger partial charge in [-0.05, 0) is 47.9 Å². The highest BCUT2D eigenvalue weighted by molar-refractivity contribution is 7.22. The summed E-state index contributed by atoms with van der Waals surface area (Å²) in [5.74, 6) is -0.861. The van der Waals surface area contributed by atoms with Gasteiger partial charge in [0.15, 0.2) is 0 Å². The number of fused-ring (bicyclic) bond motifs is 4. The minimum Gasteiger partial charge on any atom is -0.462 e. The number of amides is 1. The van der Waals surface area contributed by atoms with Crippen LogP contribution in [0.15, 0.2) is 41.8 Å². The molecule has 4 heterocycles. The van der Waals surface area contributed by atoms with Crippen molar-refractivity contribution in [3.8, 4) is 27.0 Å². The summed E-state index contributed by atoms with van der Waals surface area (Å²) in [6.07, 6.45) is 1.46. The molecule has 0 aliphatic heterocycles. The molecule has 5 N–H and O–H groups in total. The molecule has 6 rings (SSSR count). The predicted octanol–water partition coefficient (Wildman–Crippen LogP) is 6.32. The number of nitrogens with one attached hydrogen (secondary N) is 1. The molecule has 39 heavy (non-hydrogen) atoms. The predicted molar refractivity (Wildman–Crippen MR) is 158 cm³/mol. The van der Waals surface area contributed by atoms with Crippen LogP contribution >= 0.6 is 34.0 Å². The first kappa shape index (κ1) is 25.1. The van der Waals surface area contributed by atoms with Gasteiger partial charge in [0.1, 0.15) is 32.2 Å². The lowest BCUT2D eigenvalue weighted by Gasteiger charge is -2.16. The lowest BCUT2D eigenvalue weighted by atomic mass is 9.89. The molecule has 194 valence electrons. The number of thiophene rings is 3. The molecule has 0 saturated heterocycles. The van der Waals surface area contributed by atoms with Gasteiger partial charge in [0.25, 0.3) is 5.91 Å². The molecule has 0 saturated carbocycles. The van der Waals surface area contributed by atoms with E-state index in [2.05, 4.69) is 22.4 Å². The zero-order valence-electron chi connectivity index (χ0n) is 20.7. The van der Waals surface area contributed by atoms with Gasteiger partial charge >= 0.3 is 5.97 Å². The average molecular weight is 572 g/mol. The third kappa shape index (κ3) is 4.04. The number of pyridine rings is 1. The second kappa shape index (κ2) is 9.81. The van der Waals surface area contributed by atoms with Gasteiger partial charge in [0.05, 0.1) is 17.9 Å². The first-order chi connectivity index (χ1) is 18.9. The summed E-state index contributed by atoms with van der Waals surface area (Å²) in [5, 5.41) is 15.6. The number of hydrogen-bond donors (Lipinski definition) is 3. The molecule has 0 radical (unpaired) electrons.